The number of rotatable bonds is 2. The second kappa shape index (κ2) is 4.20. The topological polar surface area (TPSA) is 42.1 Å². The van der Waals surface area contributed by atoms with Gasteiger partial charge in [0.15, 0.2) is 0 Å². The summed E-state index contributed by atoms with van der Waals surface area (Å²) >= 11 is 0. The Hall–Kier alpha value is -1.61. The molecule has 1 saturated carbocycles. The van der Waals surface area contributed by atoms with Crippen LogP contribution in [0.4, 0.5) is 5.69 Å². The summed E-state index contributed by atoms with van der Waals surface area (Å²) in [6, 6.07) is 11.4. The molecule has 2 N–H and O–H groups in total. The Kier molecular flexibility index (Phi) is 2.49. The minimum atomic E-state index is 0.514. The molecule has 1 aromatic carbocycles. The van der Waals surface area contributed by atoms with Crippen molar-refractivity contribution >= 4 is 16.6 Å². The van der Waals surface area contributed by atoms with E-state index >= 15 is 0 Å². The van der Waals surface area contributed by atoms with Crippen molar-refractivity contribution in [3.05, 3.63) is 36.0 Å². The van der Waals surface area contributed by atoms with E-state index in [4.69, 9.17) is 5.73 Å². The van der Waals surface area contributed by atoms with E-state index in [0.29, 0.717) is 6.54 Å². The van der Waals surface area contributed by atoms with E-state index in [1.165, 1.54) is 36.9 Å². The minimum Gasteiger partial charge on any atom is -0.368 e. The van der Waals surface area contributed by atoms with Crippen molar-refractivity contribution in [2.45, 2.75) is 31.8 Å². The first-order valence-corrected chi connectivity index (χ1v) is 7.20. The largest absolute Gasteiger partial charge is 0.368 e. The van der Waals surface area contributed by atoms with Gasteiger partial charge in [-0.25, -0.2) is 0 Å². The monoisotopic (exact) mass is 253 g/mol. The molecule has 2 unspecified atom stereocenters. The highest BCUT2D eigenvalue weighted by molar-refractivity contribution is 5.92. The fraction of sp³-hybridized carbons (Fsp3) is 0.438. The molecule has 3 heteroatoms. The molecule has 2 atom stereocenters. The summed E-state index contributed by atoms with van der Waals surface area (Å²) < 4.78 is 0. The number of piperidine rings is 1. The summed E-state index contributed by atoms with van der Waals surface area (Å²) in [6.45, 7) is 1.72. The predicted molar refractivity (Wildman–Crippen MR) is 78.1 cm³/mol. The summed E-state index contributed by atoms with van der Waals surface area (Å²) in [6.07, 6.45) is 4.13. The Morgan fingerprint density at radius 1 is 1.26 bits per heavy atom. The normalized spacial score (nSPS) is 25.4. The number of hydrogen-bond acceptors (Lipinski definition) is 3. The van der Waals surface area contributed by atoms with E-state index < -0.39 is 0 Å². The van der Waals surface area contributed by atoms with Gasteiger partial charge in [-0.2, -0.15) is 0 Å². The van der Waals surface area contributed by atoms with Crippen LogP contribution in [0.2, 0.25) is 0 Å². The highest BCUT2D eigenvalue weighted by atomic mass is 15.2. The number of aromatic nitrogens is 1. The van der Waals surface area contributed by atoms with Crippen molar-refractivity contribution in [2.75, 3.05) is 11.4 Å². The van der Waals surface area contributed by atoms with Crippen LogP contribution in [0.25, 0.3) is 10.9 Å². The smallest absolute Gasteiger partial charge is 0.0726 e. The molecule has 3 nitrogen and oxygen atoms in total. The Morgan fingerprint density at radius 2 is 2.16 bits per heavy atom. The second-order valence-electron chi connectivity index (χ2n) is 5.84. The van der Waals surface area contributed by atoms with Crippen LogP contribution in [-0.2, 0) is 6.54 Å². The van der Waals surface area contributed by atoms with E-state index in [9.17, 15) is 0 Å². The highest BCUT2D eigenvalue weighted by Crippen LogP contribution is 2.42. The molecule has 98 valence electrons. The van der Waals surface area contributed by atoms with Crippen LogP contribution in [0.3, 0.4) is 0 Å². The van der Waals surface area contributed by atoms with Crippen LogP contribution < -0.4 is 10.6 Å². The van der Waals surface area contributed by atoms with Gasteiger partial charge in [0.05, 0.1) is 11.2 Å². The molecular weight excluding hydrogens is 234 g/mol. The Bertz CT molecular complexity index is 622. The van der Waals surface area contributed by atoms with Gasteiger partial charge in [-0.1, -0.05) is 18.2 Å². The number of nitrogens with zero attached hydrogens (tertiary/aromatic N) is 2. The lowest BCUT2D eigenvalue weighted by molar-refractivity contribution is 0.554. The van der Waals surface area contributed by atoms with Gasteiger partial charge < -0.3 is 10.6 Å². The molecule has 2 aliphatic rings. The lowest BCUT2D eigenvalue weighted by atomic mass is 10.1. The van der Waals surface area contributed by atoms with Crippen LogP contribution in [-0.4, -0.2) is 17.6 Å². The molecule has 1 aromatic heterocycles. The quantitative estimate of drug-likeness (QED) is 0.894. The predicted octanol–water partition coefficient (Wildman–Crippen LogP) is 2.68. The molecule has 2 fully saturated rings. The lowest BCUT2D eigenvalue weighted by Crippen LogP contribution is -2.32. The molecule has 1 aliphatic heterocycles. The van der Waals surface area contributed by atoms with Crippen molar-refractivity contribution < 1.29 is 0 Å². The van der Waals surface area contributed by atoms with Gasteiger partial charge in [0.1, 0.15) is 0 Å². The molecule has 0 spiro atoms. The van der Waals surface area contributed by atoms with Crippen LogP contribution in [0.1, 0.15) is 25.0 Å². The second-order valence-corrected chi connectivity index (χ2v) is 5.84. The van der Waals surface area contributed by atoms with Crippen LogP contribution in [0.5, 0.6) is 0 Å². The number of nitrogens with two attached hydrogens (primary N) is 1. The molecular formula is C16H19N3. The summed E-state index contributed by atoms with van der Waals surface area (Å²) in [5.74, 6) is 0.901. The molecule has 1 aliphatic carbocycles. The van der Waals surface area contributed by atoms with Gasteiger partial charge in [0.25, 0.3) is 0 Å². The molecule has 0 radical (unpaired) electrons. The fourth-order valence-electron chi connectivity index (χ4n) is 3.77. The number of hydrogen-bond donors (Lipinski definition) is 1. The van der Waals surface area contributed by atoms with E-state index in [1.54, 1.807) is 0 Å². The number of fused-ring (bicyclic) bond motifs is 3. The SMILES string of the molecule is NCc1cc(N2CC3CCC2C3)c2ccccc2n1. The minimum absolute atomic E-state index is 0.514. The third-order valence-corrected chi connectivity index (χ3v) is 4.68. The van der Waals surface area contributed by atoms with Crippen LogP contribution >= 0.6 is 0 Å². The van der Waals surface area contributed by atoms with Gasteiger partial charge >= 0.3 is 0 Å². The number of anilines is 1. The summed E-state index contributed by atoms with van der Waals surface area (Å²) in [7, 11) is 0. The van der Waals surface area contributed by atoms with E-state index in [1.807, 2.05) is 0 Å². The average Bonchev–Trinajstić information content (AvgIpc) is 3.08. The Labute approximate surface area is 113 Å². The van der Waals surface area contributed by atoms with Crippen molar-refractivity contribution in [3.8, 4) is 0 Å². The zero-order chi connectivity index (χ0) is 12.8. The first kappa shape index (κ1) is 11.2. The standard InChI is InChI=1S/C16H19N3/c17-9-12-8-16(14-3-1-2-4-15(14)18-12)19-10-11-5-6-13(19)7-11/h1-4,8,11,13H,5-7,9-10,17H2. The molecule has 19 heavy (non-hydrogen) atoms. The zero-order valence-electron chi connectivity index (χ0n) is 11.0. The van der Waals surface area contributed by atoms with E-state index in [2.05, 4.69) is 40.2 Å². The Morgan fingerprint density at radius 3 is 2.89 bits per heavy atom. The third-order valence-electron chi connectivity index (χ3n) is 4.68. The fourth-order valence-corrected chi connectivity index (χ4v) is 3.77. The van der Waals surface area contributed by atoms with Crippen LogP contribution in [0.15, 0.2) is 30.3 Å². The Balaban J connectivity index is 1.88. The lowest BCUT2D eigenvalue weighted by Gasteiger charge is -2.30. The molecule has 4 rings (SSSR count). The maximum Gasteiger partial charge on any atom is 0.0726 e. The van der Waals surface area contributed by atoms with Crippen molar-refractivity contribution in [1.82, 2.24) is 4.98 Å². The highest BCUT2D eigenvalue weighted by Gasteiger charge is 2.38. The molecule has 0 amide bonds. The molecule has 2 heterocycles. The summed E-state index contributed by atoms with van der Waals surface area (Å²) in [5, 5.41) is 1.27. The van der Waals surface area contributed by atoms with E-state index in [0.717, 1.165) is 23.2 Å². The first-order valence-electron chi connectivity index (χ1n) is 7.20. The molecule has 2 aromatic rings. The van der Waals surface area contributed by atoms with Crippen molar-refractivity contribution in [2.24, 2.45) is 11.7 Å². The number of para-hydroxylation sites is 1. The molecule has 1 saturated heterocycles. The van der Waals surface area contributed by atoms with Crippen molar-refractivity contribution in [1.29, 1.82) is 0 Å². The van der Waals surface area contributed by atoms with Crippen molar-refractivity contribution in [3.63, 3.8) is 0 Å². The van der Waals surface area contributed by atoms with Gasteiger partial charge in [-0.3, -0.25) is 4.98 Å². The number of benzene rings is 1. The van der Waals surface area contributed by atoms with E-state index in [-0.39, 0.29) is 0 Å². The molecule has 2 bridgehead atoms. The first-order chi connectivity index (χ1) is 9.35. The van der Waals surface area contributed by atoms with Gasteiger partial charge in [0, 0.05) is 30.2 Å². The van der Waals surface area contributed by atoms with Gasteiger partial charge in [0.2, 0.25) is 0 Å². The zero-order valence-corrected chi connectivity index (χ0v) is 11.0. The maximum absolute atomic E-state index is 5.80. The van der Waals surface area contributed by atoms with Gasteiger partial charge in [-0.15, -0.1) is 0 Å². The third kappa shape index (κ3) is 1.72. The maximum atomic E-state index is 5.80. The summed E-state index contributed by atoms with van der Waals surface area (Å²) in [4.78, 5) is 7.23. The average molecular weight is 253 g/mol. The van der Waals surface area contributed by atoms with Gasteiger partial charge in [-0.05, 0) is 37.3 Å². The number of pyridine rings is 1. The van der Waals surface area contributed by atoms with Crippen LogP contribution in [0, 0.1) is 5.92 Å². The summed E-state index contributed by atoms with van der Waals surface area (Å²) in [5.41, 5.74) is 9.22.